The first-order valence-electron chi connectivity index (χ1n) is 9.33. The van der Waals surface area contributed by atoms with E-state index in [4.69, 9.17) is 8.92 Å². The Balaban J connectivity index is 1.49. The summed E-state index contributed by atoms with van der Waals surface area (Å²) in [6.45, 7) is 4.12. The number of epoxide rings is 1. The Morgan fingerprint density at radius 3 is 2.54 bits per heavy atom. The van der Waals surface area contributed by atoms with E-state index in [1.165, 1.54) is 12.1 Å². The van der Waals surface area contributed by atoms with E-state index in [1.807, 2.05) is 44.2 Å². The molecule has 1 amide bonds. The highest BCUT2D eigenvalue weighted by atomic mass is 32.2. The number of rotatable bonds is 6. The maximum absolute atomic E-state index is 13.1. The van der Waals surface area contributed by atoms with Gasteiger partial charge in [-0.25, -0.2) is 0 Å². The highest BCUT2D eigenvalue weighted by Crippen LogP contribution is 2.46. The minimum Gasteiger partial charge on any atom is -0.353 e. The van der Waals surface area contributed by atoms with Crippen LogP contribution in [0.4, 0.5) is 0 Å². The van der Waals surface area contributed by atoms with E-state index in [1.54, 1.807) is 17.0 Å². The van der Waals surface area contributed by atoms with Crippen molar-refractivity contribution in [3.8, 4) is 0 Å². The monoisotopic (exact) mass is 401 g/mol. The number of piperidine rings is 1. The van der Waals surface area contributed by atoms with Gasteiger partial charge in [-0.1, -0.05) is 48.0 Å². The topological polar surface area (TPSA) is 76.2 Å². The van der Waals surface area contributed by atoms with Crippen molar-refractivity contribution in [2.45, 2.75) is 42.9 Å². The zero-order valence-electron chi connectivity index (χ0n) is 15.9. The highest BCUT2D eigenvalue weighted by Gasteiger charge is 2.67. The summed E-state index contributed by atoms with van der Waals surface area (Å²) in [6, 6.07) is 16.0. The Morgan fingerprint density at radius 2 is 1.86 bits per heavy atom. The van der Waals surface area contributed by atoms with Gasteiger partial charge < -0.3 is 9.64 Å². The fourth-order valence-electron chi connectivity index (χ4n) is 3.71. The highest BCUT2D eigenvalue weighted by molar-refractivity contribution is 7.86. The predicted molar refractivity (Wildman–Crippen MR) is 103 cm³/mol. The standard InChI is InChI=1S/C21H23NO5S/c1-15-8-10-18(11-9-15)28(24,25)26-14-21-19(27-21)12-13-22(20(21)23)16(2)17-6-4-3-5-7-17/h3-11,16,19H,12-14H2,1-2H3/t16-,19+,21+/m0/s1. The number of aryl methyl sites for hydroxylation is 1. The lowest BCUT2D eigenvalue weighted by Gasteiger charge is -2.34. The summed E-state index contributed by atoms with van der Waals surface area (Å²) in [5.74, 6) is -0.209. The maximum atomic E-state index is 13.1. The van der Waals surface area contributed by atoms with Crippen LogP contribution in [0.25, 0.3) is 0 Å². The van der Waals surface area contributed by atoms with Gasteiger partial charge in [-0.2, -0.15) is 8.42 Å². The van der Waals surface area contributed by atoms with E-state index >= 15 is 0 Å². The fraction of sp³-hybridized carbons (Fsp3) is 0.381. The van der Waals surface area contributed by atoms with Gasteiger partial charge in [0.05, 0.1) is 10.9 Å². The molecule has 28 heavy (non-hydrogen) atoms. The van der Waals surface area contributed by atoms with E-state index < -0.39 is 15.7 Å². The largest absolute Gasteiger partial charge is 0.353 e. The summed E-state index contributed by atoms with van der Waals surface area (Å²) < 4.78 is 35.9. The smallest absolute Gasteiger partial charge is 0.297 e. The Bertz CT molecular complexity index is 974. The van der Waals surface area contributed by atoms with Crippen molar-refractivity contribution < 1.29 is 22.1 Å². The number of carbonyl (C=O) groups is 1. The maximum Gasteiger partial charge on any atom is 0.297 e. The molecule has 2 aromatic rings. The van der Waals surface area contributed by atoms with Crippen LogP contribution in [0.15, 0.2) is 59.5 Å². The van der Waals surface area contributed by atoms with Crippen LogP contribution in [0.3, 0.4) is 0 Å². The Labute approximate surface area is 165 Å². The average molecular weight is 401 g/mol. The van der Waals surface area contributed by atoms with Crippen molar-refractivity contribution in [3.63, 3.8) is 0 Å². The lowest BCUT2D eigenvalue weighted by atomic mass is 9.95. The second kappa shape index (κ2) is 6.99. The second-order valence-corrected chi connectivity index (χ2v) is 9.01. The number of ether oxygens (including phenoxy) is 1. The van der Waals surface area contributed by atoms with Crippen LogP contribution in [0.2, 0.25) is 0 Å². The van der Waals surface area contributed by atoms with Crippen molar-refractivity contribution in [2.75, 3.05) is 13.2 Å². The van der Waals surface area contributed by atoms with Crippen molar-refractivity contribution in [3.05, 3.63) is 65.7 Å². The molecule has 2 fully saturated rings. The lowest BCUT2D eigenvalue weighted by molar-refractivity contribution is -0.141. The molecule has 2 aliphatic rings. The van der Waals surface area contributed by atoms with Crippen LogP contribution in [0, 0.1) is 6.92 Å². The van der Waals surface area contributed by atoms with Gasteiger partial charge >= 0.3 is 0 Å². The first-order valence-corrected chi connectivity index (χ1v) is 10.7. The summed E-state index contributed by atoms with van der Waals surface area (Å²) in [5, 5.41) is 0. The predicted octanol–water partition coefficient (Wildman–Crippen LogP) is 2.83. The Hall–Kier alpha value is -2.22. The minimum atomic E-state index is -3.95. The zero-order valence-corrected chi connectivity index (χ0v) is 16.7. The first kappa shape index (κ1) is 19.1. The molecule has 2 aliphatic heterocycles. The molecular formula is C21H23NO5S. The molecule has 3 atom stereocenters. The van der Waals surface area contributed by atoms with E-state index in [0.717, 1.165) is 11.1 Å². The molecule has 4 rings (SSSR count). The van der Waals surface area contributed by atoms with E-state index in [9.17, 15) is 13.2 Å². The molecule has 0 spiro atoms. The molecule has 2 heterocycles. The molecule has 0 saturated carbocycles. The van der Waals surface area contributed by atoms with Crippen LogP contribution in [0.1, 0.15) is 30.5 Å². The average Bonchev–Trinajstić information content (AvgIpc) is 3.43. The molecule has 6 nitrogen and oxygen atoms in total. The van der Waals surface area contributed by atoms with Crippen LogP contribution in [-0.2, 0) is 23.8 Å². The van der Waals surface area contributed by atoms with E-state index in [0.29, 0.717) is 13.0 Å². The fourth-order valence-corrected chi connectivity index (χ4v) is 4.64. The Morgan fingerprint density at radius 1 is 1.18 bits per heavy atom. The molecule has 0 aromatic heterocycles. The summed E-state index contributed by atoms with van der Waals surface area (Å²) in [6.07, 6.45) is 0.379. The summed E-state index contributed by atoms with van der Waals surface area (Å²) >= 11 is 0. The van der Waals surface area contributed by atoms with Gasteiger partial charge in [0.1, 0.15) is 12.7 Å². The molecule has 2 aromatic carbocycles. The van der Waals surface area contributed by atoms with Crippen LogP contribution < -0.4 is 0 Å². The van der Waals surface area contributed by atoms with Crippen molar-refractivity contribution in [2.24, 2.45) is 0 Å². The number of hydrogen-bond donors (Lipinski definition) is 0. The van der Waals surface area contributed by atoms with Gasteiger partial charge in [-0.3, -0.25) is 8.98 Å². The molecule has 0 aliphatic carbocycles. The third-order valence-corrected chi connectivity index (χ3v) is 6.84. The van der Waals surface area contributed by atoms with Gasteiger partial charge in [0.2, 0.25) is 0 Å². The molecule has 0 N–H and O–H groups in total. The van der Waals surface area contributed by atoms with E-state index in [-0.39, 0.29) is 29.6 Å². The van der Waals surface area contributed by atoms with Gasteiger partial charge in [-0.05, 0) is 38.0 Å². The third kappa shape index (κ3) is 3.34. The zero-order chi connectivity index (χ0) is 19.9. The lowest BCUT2D eigenvalue weighted by Crippen LogP contribution is -2.50. The number of hydrogen-bond acceptors (Lipinski definition) is 5. The molecule has 0 unspecified atom stereocenters. The van der Waals surface area contributed by atoms with Crippen molar-refractivity contribution in [1.82, 2.24) is 4.90 Å². The Kier molecular flexibility index (Phi) is 4.77. The molecule has 0 radical (unpaired) electrons. The summed E-state index contributed by atoms with van der Waals surface area (Å²) in [7, 11) is -3.95. The van der Waals surface area contributed by atoms with Crippen LogP contribution in [0.5, 0.6) is 0 Å². The SMILES string of the molecule is Cc1ccc(S(=O)(=O)OC[C@@]23O[C@@H]2CCN([C@@H](C)c2ccccc2)C3=O)cc1. The molecule has 148 valence electrons. The number of amides is 1. The molecule has 2 saturated heterocycles. The normalized spacial score (nSPS) is 25.3. The van der Waals surface area contributed by atoms with Gasteiger partial charge in [0.15, 0.2) is 5.60 Å². The number of likely N-dealkylation sites (tertiary alicyclic amines) is 1. The van der Waals surface area contributed by atoms with Crippen molar-refractivity contribution in [1.29, 1.82) is 0 Å². The number of nitrogens with zero attached hydrogens (tertiary/aromatic N) is 1. The van der Waals surface area contributed by atoms with Gasteiger partial charge in [-0.15, -0.1) is 0 Å². The van der Waals surface area contributed by atoms with Crippen LogP contribution >= 0.6 is 0 Å². The summed E-state index contributed by atoms with van der Waals surface area (Å²) in [4.78, 5) is 15.0. The quantitative estimate of drug-likeness (QED) is 0.550. The second-order valence-electron chi connectivity index (χ2n) is 7.40. The van der Waals surface area contributed by atoms with Crippen molar-refractivity contribution >= 4 is 16.0 Å². The number of carbonyl (C=O) groups excluding carboxylic acids is 1. The molecule has 0 bridgehead atoms. The number of benzene rings is 2. The number of fused-ring (bicyclic) bond motifs is 1. The summed E-state index contributed by atoms with van der Waals surface area (Å²) in [5.41, 5.74) is 0.786. The van der Waals surface area contributed by atoms with Gasteiger partial charge in [0, 0.05) is 6.54 Å². The van der Waals surface area contributed by atoms with Gasteiger partial charge in [0.25, 0.3) is 16.0 Å². The minimum absolute atomic E-state index is 0.0736. The molecule has 7 heteroatoms. The van der Waals surface area contributed by atoms with Crippen LogP contribution in [-0.4, -0.2) is 44.1 Å². The third-order valence-electron chi connectivity index (χ3n) is 5.56. The first-order chi connectivity index (χ1) is 13.3. The molecular weight excluding hydrogens is 378 g/mol. The van der Waals surface area contributed by atoms with E-state index in [2.05, 4.69) is 0 Å².